The van der Waals surface area contributed by atoms with E-state index in [1.165, 1.54) is 23.9 Å². The summed E-state index contributed by atoms with van der Waals surface area (Å²) in [7, 11) is 2.11. The van der Waals surface area contributed by atoms with Gasteiger partial charge < -0.3 is 20.3 Å². The van der Waals surface area contributed by atoms with Gasteiger partial charge in [-0.2, -0.15) is 4.98 Å². The molecule has 1 saturated heterocycles. The Morgan fingerprint density at radius 3 is 2.50 bits per heavy atom. The van der Waals surface area contributed by atoms with Crippen molar-refractivity contribution in [3.05, 3.63) is 60.2 Å². The number of benzene rings is 1. The van der Waals surface area contributed by atoms with Crippen LogP contribution in [0.3, 0.4) is 0 Å². The molecule has 0 radical (unpaired) electrons. The van der Waals surface area contributed by atoms with Crippen molar-refractivity contribution in [2.45, 2.75) is 16.4 Å². The smallest absolute Gasteiger partial charge is 0.232 e. The van der Waals surface area contributed by atoms with Crippen LogP contribution in [0.15, 0.2) is 58.6 Å². The number of nitrogen functional groups attached to an aromatic ring is 1. The van der Waals surface area contributed by atoms with E-state index in [9.17, 15) is 4.39 Å². The Hall–Kier alpha value is -2.91. The van der Waals surface area contributed by atoms with Gasteiger partial charge in [0.05, 0.1) is 11.1 Å². The molecule has 0 saturated carbocycles. The largest absolute Gasteiger partial charge is 0.472 e. The number of anilines is 2. The van der Waals surface area contributed by atoms with Crippen molar-refractivity contribution in [2.75, 3.05) is 43.9 Å². The van der Waals surface area contributed by atoms with Gasteiger partial charge in [-0.25, -0.2) is 14.4 Å². The Balaban J connectivity index is 1.57. The zero-order valence-electron chi connectivity index (χ0n) is 16.7. The summed E-state index contributed by atoms with van der Waals surface area (Å²) in [6.45, 7) is 3.93. The number of hydrogen-bond donors (Lipinski definition) is 1. The molecule has 2 aromatic heterocycles. The van der Waals surface area contributed by atoms with Crippen molar-refractivity contribution in [3.8, 4) is 5.88 Å². The lowest BCUT2D eigenvalue weighted by atomic mass is 10.2. The number of pyridine rings is 1. The van der Waals surface area contributed by atoms with Crippen LogP contribution >= 0.6 is 11.8 Å². The highest BCUT2D eigenvalue weighted by atomic mass is 32.2. The Bertz CT molecular complexity index is 978. The van der Waals surface area contributed by atoms with Crippen LogP contribution in [0.5, 0.6) is 5.88 Å². The second-order valence-electron chi connectivity index (χ2n) is 7.07. The van der Waals surface area contributed by atoms with Gasteiger partial charge in [-0.1, -0.05) is 23.9 Å². The van der Waals surface area contributed by atoms with Crippen LogP contribution in [0.1, 0.15) is 5.56 Å². The molecule has 9 heteroatoms. The van der Waals surface area contributed by atoms with E-state index in [1.807, 2.05) is 6.07 Å². The van der Waals surface area contributed by atoms with Crippen molar-refractivity contribution in [1.29, 1.82) is 0 Å². The fourth-order valence-electron chi connectivity index (χ4n) is 2.99. The second kappa shape index (κ2) is 9.27. The average Bonchev–Trinajstić information content (AvgIpc) is 2.76. The molecule has 0 bridgehead atoms. The summed E-state index contributed by atoms with van der Waals surface area (Å²) in [5.41, 5.74) is 6.54. The third kappa shape index (κ3) is 5.17. The lowest BCUT2D eigenvalue weighted by molar-refractivity contribution is 0.283. The molecular formula is C21H23FN6OS. The normalized spacial score (nSPS) is 14.7. The first-order chi connectivity index (χ1) is 14.6. The van der Waals surface area contributed by atoms with Gasteiger partial charge >= 0.3 is 0 Å². The highest BCUT2D eigenvalue weighted by Gasteiger charge is 2.19. The molecule has 0 unspecified atom stereocenters. The fourth-order valence-corrected chi connectivity index (χ4v) is 3.78. The molecule has 4 rings (SSSR count). The number of ether oxygens (including phenoxy) is 1. The number of likely N-dealkylation sites (N-methyl/N-ethyl adjacent to an activating group) is 1. The van der Waals surface area contributed by atoms with Gasteiger partial charge in [0.15, 0.2) is 0 Å². The van der Waals surface area contributed by atoms with Gasteiger partial charge in [-0.15, -0.1) is 0 Å². The van der Waals surface area contributed by atoms with Crippen molar-refractivity contribution < 1.29 is 9.13 Å². The third-order valence-electron chi connectivity index (χ3n) is 4.77. The summed E-state index contributed by atoms with van der Waals surface area (Å²) >= 11 is 1.46. The molecule has 3 aromatic rings. The van der Waals surface area contributed by atoms with Crippen LogP contribution in [-0.4, -0.2) is 53.1 Å². The SMILES string of the molecule is CN1CCN(c2ncc(Sc3ccc(N)nc3)c(OCc3ccc(F)cc3)n2)CC1. The predicted molar refractivity (Wildman–Crippen MR) is 115 cm³/mol. The van der Waals surface area contributed by atoms with Crippen LogP contribution in [-0.2, 0) is 6.61 Å². The van der Waals surface area contributed by atoms with Crippen LogP contribution in [0.2, 0.25) is 0 Å². The molecule has 1 aliphatic rings. The maximum absolute atomic E-state index is 13.2. The van der Waals surface area contributed by atoms with Crippen molar-refractivity contribution in [2.24, 2.45) is 0 Å². The minimum Gasteiger partial charge on any atom is -0.472 e. The molecule has 7 nitrogen and oxygen atoms in total. The average molecular weight is 427 g/mol. The topological polar surface area (TPSA) is 80.4 Å². The number of nitrogens with zero attached hydrogens (tertiary/aromatic N) is 5. The molecule has 3 heterocycles. The van der Waals surface area contributed by atoms with Crippen LogP contribution in [0, 0.1) is 5.82 Å². The number of nitrogens with two attached hydrogens (primary N) is 1. The van der Waals surface area contributed by atoms with Crippen molar-refractivity contribution in [3.63, 3.8) is 0 Å². The third-order valence-corrected chi connectivity index (χ3v) is 5.75. The lowest BCUT2D eigenvalue weighted by Gasteiger charge is -2.32. The summed E-state index contributed by atoms with van der Waals surface area (Å²) in [6, 6.07) is 9.89. The highest BCUT2D eigenvalue weighted by molar-refractivity contribution is 7.99. The van der Waals surface area contributed by atoms with Gasteiger partial charge in [0, 0.05) is 37.3 Å². The summed E-state index contributed by atoms with van der Waals surface area (Å²) in [5.74, 6) is 1.33. The molecule has 0 atom stereocenters. The fraction of sp³-hybridized carbons (Fsp3) is 0.286. The first kappa shape index (κ1) is 20.4. The number of hydrogen-bond acceptors (Lipinski definition) is 8. The van der Waals surface area contributed by atoms with Gasteiger partial charge in [0.2, 0.25) is 11.8 Å². The van der Waals surface area contributed by atoms with Gasteiger partial charge in [-0.3, -0.25) is 0 Å². The van der Waals surface area contributed by atoms with E-state index in [0.717, 1.165) is 41.5 Å². The Kier molecular flexibility index (Phi) is 6.29. The number of rotatable bonds is 6. The monoisotopic (exact) mass is 426 g/mol. The summed E-state index contributed by atoms with van der Waals surface area (Å²) in [6.07, 6.45) is 3.49. The minimum atomic E-state index is -0.273. The number of halogens is 1. The quantitative estimate of drug-likeness (QED) is 0.644. The Morgan fingerprint density at radius 1 is 1.03 bits per heavy atom. The molecule has 1 fully saturated rings. The molecule has 0 spiro atoms. The Labute approximate surface area is 179 Å². The highest BCUT2D eigenvalue weighted by Crippen LogP contribution is 2.34. The van der Waals surface area contributed by atoms with Crippen molar-refractivity contribution >= 4 is 23.5 Å². The van der Waals surface area contributed by atoms with E-state index in [1.54, 1.807) is 30.6 Å². The summed E-state index contributed by atoms with van der Waals surface area (Å²) in [4.78, 5) is 19.5. The van der Waals surface area contributed by atoms with Crippen LogP contribution in [0.25, 0.3) is 0 Å². The minimum absolute atomic E-state index is 0.273. The molecule has 1 aromatic carbocycles. The summed E-state index contributed by atoms with van der Waals surface area (Å²) in [5, 5.41) is 0. The Morgan fingerprint density at radius 2 is 1.80 bits per heavy atom. The first-order valence-corrected chi connectivity index (χ1v) is 10.5. The molecule has 1 aliphatic heterocycles. The van der Waals surface area contributed by atoms with Gasteiger partial charge in [0.1, 0.15) is 18.2 Å². The molecule has 0 aliphatic carbocycles. The van der Waals surface area contributed by atoms with Gasteiger partial charge in [-0.05, 0) is 36.9 Å². The van der Waals surface area contributed by atoms with E-state index in [4.69, 9.17) is 15.5 Å². The lowest BCUT2D eigenvalue weighted by Crippen LogP contribution is -2.45. The molecule has 156 valence electrons. The number of aromatic nitrogens is 3. The predicted octanol–water partition coefficient (Wildman–Crippen LogP) is 3.07. The maximum Gasteiger partial charge on any atom is 0.232 e. The zero-order chi connectivity index (χ0) is 20.9. The van der Waals surface area contributed by atoms with E-state index < -0.39 is 0 Å². The molecule has 0 amide bonds. The molecule has 30 heavy (non-hydrogen) atoms. The summed E-state index contributed by atoms with van der Waals surface area (Å²) < 4.78 is 19.2. The van der Waals surface area contributed by atoms with E-state index >= 15 is 0 Å². The standard InChI is InChI=1S/C21H23FN6OS/c1-27-8-10-28(11-9-27)21-25-13-18(30-17-6-7-19(23)24-12-17)20(26-21)29-14-15-2-4-16(22)5-3-15/h2-7,12-13H,8-11,14H2,1H3,(H2,23,24). The van der Waals surface area contributed by atoms with E-state index in [-0.39, 0.29) is 12.4 Å². The first-order valence-electron chi connectivity index (χ1n) is 9.64. The molecule has 2 N–H and O–H groups in total. The van der Waals surface area contributed by atoms with E-state index in [2.05, 4.69) is 26.8 Å². The second-order valence-corrected chi connectivity index (χ2v) is 8.18. The van der Waals surface area contributed by atoms with Gasteiger partial charge in [0.25, 0.3) is 0 Å². The zero-order valence-corrected chi connectivity index (χ0v) is 17.5. The van der Waals surface area contributed by atoms with Crippen molar-refractivity contribution in [1.82, 2.24) is 19.9 Å². The van der Waals surface area contributed by atoms with Crippen LogP contribution in [0.4, 0.5) is 16.2 Å². The molecular weight excluding hydrogens is 403 g/mol. The number of piperazine rings is 1. The van der Waals surface area contributed by atoms with E-state index in [0.29, 0.717) is 17.6 Å². The maximum atomic E-state index is 13.2. The van der Waals surface area contributed by atoms with Crippen LogP contribution < -0.4 is 15.4 Å².